The van der Waals surface area contributed by atoms with Gasteiger partial charge >= 0.3 is 0 Å². The summed E-state index contributed by atoms with van der Waals surface area (Å²) in [6.45, 7) is 9.56. The third-order valence-electron chi connectivity index (χ3n) is 12.4. The average Bonchev–Trinajstić information content (AvgIpc) is 3.78. The van der Waals surface area contributed by atoms with Crippen LogP contribution in [0.5, 0.6) is 0 Å². The summed E-state index contributed by atoms with van der Waals surface area (Å²) in [4.78, 5) is 41.3. The van der Waals surface area contributed by atoms with E-state index in [0.29, 0.717) is 37.1 Å². The molecule has 2 saturated heterocycles. The molecule has 0 aromatic carbocycles. The molecule has 2 aliphatic carbocycles. The van der Waals surface area contributed by atoms with E-state index in [9.17, 15) is 13.4 Å². The van der Waals surface area contributed by atoms with Crippen LogP contribution in [-0.2, 0) is 11.0 Å². The second-order valence-corrected chi connectivity index (χ2v) is 21.9. The maximum atomic E-state index is 13.6. The SMILES string of the molecule is CC(C)(C)[S@](=O)N[C@@H]1CCCC12CCN(c1cnc(Sc3ccnc(F)c3Cl)c(N)n1)CC2.Nc1nc(N2CCC3(CCC[C@H]3N)CC2)cnc1Sc1cc[nH]c(=O)c1Cl. The molecular formula is C40H53Cl2FN12O2S3. The first-order valence-electron chi connectivity index (χ1n) is 20.3. The number of hydrogen-bond donors (Lipinski definition) is 5. The van der Waals surface area contributed by atoms with E-state index in [1.807, 2.05) is 20.8 Å². The van der Waals surface area contributed by atoms with Crippen LogP contribution in [0.15, 0.2) is 61.6 Å². The molecule has 20 heteroatoms. The van der Waals surface area contributed by atoms with E-state index in [0.717, 1.165) is 89.2 Å². The zero-order valence-electron chi connectivity index (χ0n) is 34.1. The summed E-state index contributed by atoms with van der Waals surface area (Å²) in [6, 6.07) is 3.94. The van der Waals surface area contributed by atoms with Crippen LogP contribution >= 0.6 is 46.7 Å². The number of nitrogen functional groups attached to an aromatic ring is 2. The first kappa shape index (κ1) is 44.8. The number of halogens is 3. The molecule has 4 aliphatic rings. The van der Waals surface area contributed by atoms with Crippen molar-refractivity contribution in [2.45, 2.75) is 122 Å². The van der Waals surface area contributed by atoms with E-state index in [2.05, 4.69) is 44.4 Å². The highest BCUT2D eigenvalue weighted by atomic mass is 35.5. The highest BCUT2D eigenvalue weighted by molar-refractivity contribution is 7.99. The van der Waals surface area contributed by atoms with Gasteiger partial charge in [0.25, 0.3) is 5.56 Å². The average molecular weight is 920 g/mol. The van der Waals surface area contributed by atoms with Crippen molar-refractivity contribution in [3.05, 3.63) is 63.3 Å². The standard InChI is InChI=1S/C22H30ClFN6OS2.C18H23ClN6OS/c1-21(2,3)33(31)29-15-5-4-7-22(15)8-11-30(12-9-22)16-13-27-20(19(25)28-16)32-14-6-10-26-18(24)17(14)23;19-14-11(3-7-22-16(14)26)27-17-15(21)24-13(10-23-17)25-8-5-18(6-9-25)4-1-2-12(18)20/h6,10,13,15,29H,4-5,7-9,11-12H2,1-3H3,(H2,25,28);3,7,10,12H,1-2,4-6,8-9,20H2,(H2,21,24)(H,22,26)/t15-,33+;12-/m11/s1. The lowest BCUT2D eigenvalue weighted by molar-refractivity contribution is 0.188. The number of H-pyrrole nitrogens is 1. The van der Waals surface area contributed by atoms with Crippen molar-refractivity contribution in [2.75, 3.05) is 47.4 Å². The number of anilines is 4. The molecule has 2 aliphatic heterocycles. The van der Waals surface area contributed by atoms with Gasteiger partial charge in [0.05, 0.1) is 28.1 Å². The number of pyridine rings is 2. The maximum absolute atomic E-state index is 13.6. The number of hydrogen-bond acceptors (Lipinski definition) is 14. The monoisotopic (exact) mass is 918 g/mol. The van der Waals surface area contributed by atoms with Gasteiger partial charge in [-0.25, -0.2) is 33.9 Å². The minimum absolute atomic E-state index is 0.0544. The molecule has 60 heavy (non-hydrogen) atoms. The molecule has 3 atom stereocenters. The van der Waals surface area contributed by atoms with Crippen LogP contribution in [0.2, 0.25) is 10.0 Å². The molecule has 6 heterocycles. The number of nitrogens with one attached hydrogen (secondary N) is 2. The van der Waals surface area contributed by atoms with Crippen molar-refractivity contribution in [2.24, 2.45) is 16.6 Å². The van der Waals surface area contributed by atoms with Crippen molar-refractivity contribution in [1.29, 1.82) is 0 Å². The summed E-state index contributed by atoms with van der Waals surface area (Å²) in [5.41, 5.74) is 18.8. The number of aromatic nitrogens is 6. The molecule has 0 unspecified atom stereocenters. The highest BCUT2D eigenvalue weighted by Gasteiger charge is 2.46. The molecule has 14 nitrogen and oxygen atoms in total. The van der Waals surface area contributed by atoms with Crippen LogP contribution in [0.3, 0.4) is 0 Å². The lowest BCUT2D eigenvalue weighted by Gasteiger charge is -2.44. The molecule has 4 aromatic rings. The van der Waals surface area contributed by atoms with E-state index >= 15 is 0 Å². The summed E-state index contributed by atoms with van der Waals surface area (Å²) in [7, 11) is -1.07. The van der Waals surface area contributed by atoms with Crippen LogP contribution in [0.4, 0.5) is 27.7 Å². The Morgan fingerprint density at radius 1 is 0.833 bits per heavy atom. The van der Waals surface area contributed by atoms with Gasteiger partial charge in [-0.05, 0) is 95.1 Å². The third kappa shape index (κ3) is 9.84. The first-order chi connectivity index (χ1) is 28.6. The molecule has 2 spiro atoms. The zero-order chi connectivity index (χ0) is 42.8. The van der Waals surface area contributed by atoms with Gasteiger partial charge in [-0.1, -0.05) is 59.6 Å². The van der Waals surface area contributed by atoms with Gasteiger partial charge in [-0.2, -0.15) is 4.39 Å². The Bertz CT molecular complexity index is 2250. The second kappa shape index (κ2) is 18.6. The molecule has 324 valence electrons. The molecule has 0 bridgehead atoms. The number of nitrogens with zero attached hydrogens (tertiary/aromatic N) is 7. The fourth-order valence-corrected chi connectivity index (χ4v) is 11.8. The normalized spacial score (nSPS) is 21.6. The summed E-state index contributed by atoms with van der Waals surface area (Å²) < 4.78 is 29.5. The van der Waals surface area contributed by atoms with E-state index in [1.54, 1.807) is 30.7 Å². The predicted octanol–water partition coefficient (Wildman–Crippen LogP) is 7.24. The van der Waals surface area contributed by atoms with Gasteiger partial charge < -0.3 is 32.0 Å². The lowest BCUT2D eigenvalue weighted by atomic mass is 9.74. The molecule has 8 rings (SSSR count). The third-order valence-corrected chi connectivity index (χ3v) is 17.2. The Balaban J connectivity index is 0.000000185. The lowest BCUT2D eigenvalue weighted by Crippen LogP contribution is -2.51. The van der Waals surface area contributed by atoms with Gasteiger partial charge in [0.15, 0.2) is 11.6 Å². The molecule has 0 radical (unpaired) electrons. The van der Waals surface area contributed by atoms with Crippen molar-refractivity contribution < 1.29 is 8.60 Å². The predicted molar refractivity (Wildman–Crippen MR) is 241 cm³/mol. The van der Waals surface area contributed by atoms with E-state index in [1.165, 1.54) is 42.6 Å². The fourth-order valence-electron chi connectivity index (χ4n) is 8.81. The van der Waals surface area contributed by atoms with Crippen molar-refractivity contribution in [3.8, 4) is 0 Å². The zero-order valence-corrected chi connectivity index (χ0v) is 38.0. The molecule has 8 N–H and O–H groups in total. The largest absolute Gasteiger partial charge is 0.381 e. The maximum Gasteiger partial charge on any atom is 0.267 e. The van der Waals surface area contributed by atoms with Crippen LogP contribution in [-0.4, -0.2) is 77.1 Å². The molecular weight excluding hydrogens is 867 g/mol. The van der Waals surface area contributed by atoms with Crippen LogP contribution in [0.25, 0.3) is 0 Å². The van der Waals surface area contributed by atoms with Gasteiger partial charge in [0, 0.05) is 60.4 Å². The Morgan fingerprint density at radius 2 is 1.37 bits per heavy atom. The van der Waals surface area contributed by atoms with Gasteiger partial charge in [0.1, 0.15) is 31.7 Å². The summed E-state index contributed by atoms with van der Waals surface area (Å²) >= 11 is 14.5. The van der Waals surface area contributed by atoms with Crippen molar-refractivity contribution in [1.82, 2.24) is 34.6 Å². The Labute approximate surface area is 371 Å². The van der Waals surface area contributed by atoms with E-state index < -0.39 is 16.9 Å². The Morgan fingerprint density at radius 3 is 1.90 bits per heavy atom. The van der Waals surface area contributed by atoms with Crippen LogP contribution in [0.1, 0.15) is 85.0 Å². The topological polar surface area (TPSA) is 211 Å². The number of nitrogens with two attached hydrogens (primary N) is 3. The smallest absolute Gasteiger partial charge is 0.267 e. The minimum atomic E-state index is -1.07. The quantitative estimate of drug-likeness (QED) is 0.110. The molecule has 0 amide bonds. The van der Waals surface area contributed by atoms with Gasteiger partial charge in [-0.15, -0.1) is 0 Å². The molecule has 2 saturated carbocycles. The first-order valence-corrected chi connectivity index (χ1v) is 23.8. The van der Waals surface area contributed by atoms with Crippen LogP contribution < -0.4 is 37.3 Å². The Kier molecular flexibility index (Phi) is 13.9. The van der Waals surface area contributed by atoms with Gasteiger partial charge in [0.2, 0.25) is 5.95 Å². The van der Waals surface area contributed by atoms with Gasteiger partial charge in [-0.3, -0.25) is 4.79 Å². The van der Waals surface area contributed by atoms with Crippen molar-refractivity contribution in [3.63, 3.8) is 0 Å². The van der Waals surface area contributed by atoms with E-state index in [4.69, 9.17) is 40.4 Å². The number of piperidine rings is 2. The van der Waals surface area contributed by atoms with E-state index in [-0.39, 0.29) is 37.6 Å². The van der Waals surface area contributed by atoms with Crippen LogP contribution in [0, 0.1) is 16.8 Å². The molecule has 4 aromatic heterocycles. The summed E-state index contributed by atoms with van der Waals surface area (Å²) in [6.07, 6.45) is 17.6. The number of rotatable bonds is 8. The Hall–Kier alpha value is -3.26. The summed E-state index contributed by atoms with van der Waals surface area (Å²) in [5, 5.41) is 1.09. The minimum Gasteiger partial charge on any atom is -0.381 e. The fraction of sp³-hybridized carbons (Fsp3) is 0.550. The summed E-state index contributed by atoms with van der Waals surface area (Å²) in [5.74, 6) is 1.42. The second-order valence-electron chi connectivity index (χ2n) is 17.1. The number of aromatic amines is 1. The highest BCUT2D eigenvalue weighted by Crippen LogP contribution is 2.48. The molecule has 4 fully saturated rings. The van der Waals surface area contributed by atoms with Crippen molar-refractivity contribution >= 4 is 81.0 Å².